The number of hydrogen-bond donors (Lipinski definition) is 0. The highest BCUT2D eigenvalue weighted by Gasteiger charge is 2.05. The van der Waals surface area contributed by atoms with Crippen LogP contribution in [0.15, 0.2) is 18.3 Å². The standard InChI is InChI=1S/C11H15N2O2/c1-9(14)10-4-5-12-11(8-10)13(2)6-7-15-3/h4-5,8H,1,6-7H2,2-3H3. The maximum absolute atomic E-state index is 11.1. The topological polar surface area (TPSA) is 42.4 Å². The van der Waals surface area contributed by atoms with Crippen molar-refractivity contribution in [2.45, 2.75) is 0 Å². The molecule has 4 nitrogen and oxygen atoms in total. The van der Waals surface area contributed by atoms with E-state index in [9.17, 15) is 4.79 Å². The van der Waals surface area contributed by atoms with Crippen LogP contribution >= 0.6 is 0 Å². The minimum Gasteiger partial charge on any atom is -0.383 e. The van der Waals surface area contributed by atoms with Crippen molar-refractivity contribution in [3.05, 3.63) is 30.8 Å². The molecule has 0 aliphatic heterocycles. The molecule has 0 saturated heterocycles. The van der Waals surface area contributed by atoms with Crippen molar-refractivity contribution >= 4 is 11.6 Å². The van der Waals surface area contributed by atoms with Gasteiger partial charge in [0.1, 0.15) is 5.82 Å². The highest BCUT2D eigenvalue weighted by molar-refractivity contribution is 5.99. The van der Waals surface area contributed by atoms with Crippen LogP contribution in [0.3, 0.4) is 0 Å². The minimum absolute atomic E-state index is 0.196. The zero-order chi connectivity index (χ0) is 11.3. The molecule has 0 saturated carbocycles. The van der Waals surface area contributed by atoms with E-state index in [1.54, 1.807) is 25.4 Å². The molecule has 0 unspecified atom stereocenters. The van der Waals surface area contributed by atoms with Gasteiger partial charge < -0.3 is 9.64 Å². The zero-order valence-electron chi connectivity index (χ0n) is 9.06. The van der Waals surface area contributed by atoms with Crippen LogP contribution < -0.4 is 4.90 Å². The Kier molecular flexibility index (Phi) is 4.24. The van der Waals surface area contributed by atoms with Crippen molar-refractivity contribution in [2.75, 3.05) is 32.2 Å². The summed E-state index contributed by atoms with van der Waals surface area (Å²) in [5.41, 5.74) is 0.573. The number of ketones is 1. The van der Waals surface area contributed by atoms with Crippen LogP contribution in [0.4, 0.5) is 5.82 Å². The SMILES string of the molecule is [CH2]C(=O)c1ccnc(N(C)CCOC)c1. The Morgan fingerprint density at radius 3 is 3.00 bits per heavy atom. The van der Waals surface area contributed by atoms with E-state index in [4.69, 9.17) is 4.74 Å². The van der Waals surface area contributed by atoms with Crippen molar-refractivity contribution in [3.8, 4) is 0 Å². The number of nitrogens with zero attached hydrogens (tertiary/aromatic N) is 2. The van der Waals surface area contributed by atoms with Gasteiger partial charge >= 0.3 is 0 Å². The van der Waals surface area contributed by atoms with E-state index >= 15 is 0 Å². The van der Waals surface area contributed by atoms with Crippen LogP contribution in [0.1, 0.15) is 10.4 Å². The quantitative estimate of drug-likeness (QED) is 0.680. The lowest BCUT2D eigenvalue weighted by molar-refractivity contribution is 0.104. The number of carbonyl (C=O) groups is 1. The van der Waals surface area contributed by atoms with Gasteiger partial charge in [-0.05, 0) is 12.1 Å². The summed E-state index contributed by atoms with van der Waals surface area (Å²) >= 11 is 0. The molecule has 0 amide bonds. The van der Waals surface area contributed by atoms with E-state index in [2.05, 4.69) is 11.9 Å². The Hall–Kier alpha value is -1.42. The summed E-state index contributed by atoms with van der Waals surface area (Å²) in [6, 6.07) is 3.38. The Morgan fingerprint density at radius 1 is 1.67 bits per heavy atom. The fraction of sp³-hybridized carbons (Fsp3) is 0.364. The van der Waals surface area contributed by atoms with Crippen molar-refractivity contribution in [1.82, 2.24) is 4.98 Å². The van der Waals surface area contributed by atoms with Crippen molar-refractivity contribution in [1.29, 1.82) is 0 Å². The number of aromatic nitrogens is 1. The van der Waals surface area contributed by atoms with Gasteiger partial charge in [0, 0.05) is 39.4 Å². The number of likely N-dealkylation sites (N-methyl/N-ethyl adjacent to an activating group) is 1. The Balaban J connectivity index is 2.76. The molecule has 1 aromatic rings. The maximum atomic E-state index is 11.1. The largest absolute Gasteiger partial charge is 0.383 e. The number of carbonyl (C=O) groups excluding carboxylic acids is 1. The van der Waals surface area contributed by atoms with Crippen LogP contribution in [0.5, 0.6) is 0 Å². The van der Waals surface area contributed by atoms with Gasteiger partial charge in [-0.3, -0.25) is 4.79 Å². The molecule has 15 heavy (non-hydrogen) atoms. The summed E-state index contributed by atoms with van der Waals surface area (Å²) in [4.78, 5) is 17.1. The predicted molar refractivity (Wildman–Crippen MR) is 59.1 cm³/mol. The number of methoxy groups -OCH3 is 1. The lowest BCUT2D eigenvalue weighted by Crippen LogP contribution is -2.23. The molecular weight excluding hydrogens is 192 g/mol. The number of anilines is 1. The molecule has 0 fully saturated rings. The Bertz CT molecular complexity index is 339. The molecule has 4 heteroatoms. The summed E-state index contributed by atoms with van der Waals surface area (Å²) in [5, 5.41) is 0. The van der Waals surface area contributed by atoms with Crippen molar-refractivity contribution in [3.63, 3.8) is 0 Å². The first kappa shape index (κ1) is 11.7. The molecule has 0 atom stereocenters. The summed E-state index contributed by atoms with van der Waals surface area (Å²) in [6.07, 6.45) is 1.61. The first-order valence-corrected chi connectivity index (χ1v) is 4.67. The van der Waals surface area contributed by atoms with E-state index in [1.807, 2.05) is 11.9 Å². The minimum atomic E-state index is -0.196. The van der Waals surface area contributed by atoms with E-state index < -0.39 is 0 Å². The molecule has 0 aromatic carbocycles. The average molecular weight is 207 g/mol. The molecule has 1 heterocycles. The molecule has 0 aliphatic carbocycles. The summed E-state index contributed by atoms with van der Waals surface area (Å²) in [7, 11) is 3.55. The van der Waals surface area contributed by atoms with Crippen LogP contribution in [0.2, 0.25) is 0 Å². The highest BCUT2D eigenvalue weighted by Crippen LogP contribution is 2.10. The van der Waals surface area contributed by atoms with E-state index in [1.165, 1.54) is 0 Å². The average Bonchev–Trinajstić information content (AvgIpc) is 2.26. The maximum Gasteiger partial charge on any atom is 0.163 e. The van der Waals surface area contributed by atoms with Gasteiger partial charge in [-0.2, -0.15) is 0 Å². The summed E-state index contributed by atoms with van der Waals surface area (Å²) in [5.74, 6) is 0.556. The Morgan fingerprint density at radius 2 is 2.40 bits per heavy atom. The molecule has 81 valence electrons. The Labute approximate surface area is 89.9 Å². The van der Waals surface area contributed by atoms with Gasteiger partial charge in [-0.15, -0.1) is 0 Å². The first-order valence-electron chi connectivity index (χ1n) is 4.67. The summed E-state index contributed by atoms with van der Waals surface area (Å²) in [6.45, 7) is 4.72. The van der Waals surface area contributed by atoms with E-state index in [-0.39, 0.29) is 5.78 Å². The van der Waals surface area contributed by atoms with Crippen molar-refractivity contribution in [2.24, 2.45) is 0 Å². The van der Waals surface area contributed by atoms with Gasteiger partial charge in [-0.1, -0.05) is 0 Å². The van der Waals surface area contributed by atoms with Crippen LogP contribution in [-0.4, -0.2) is 38.1 Å². The molecule has 0 aliphatic rings. The number of Topliss-reactive ketones (excluding diaryl/α,β-unsaturated/α-hetero) is 1. The fourth-order valence-corrected chi connectivity index (χ4v) is 1.14. The molecular formula is C11H15N2O2. The molecule has 1 aromatic heterocycles. The van der Waals surface area contributed by atoms with Gasteiger partial charge in [-0.25, -0.2) is 4.98 Å². The number of ether oxygens (including phenoxy) is 1. The molecule has 0 spiro atoms. The highest BCUT2D eigenvalue weighted by atomic mass is 16.5. The van der Waals surface area contributed by atoms with Gasteiger partial charge in [0.25, 0.3) is 0 Å². The third-order valence-corrected chi connectivity index (χ3v) is 2.09. The zero-order valence-corrected chi connectivity index (χ0v) is 9.06. The third-order valence-electron chi connectivity index (χ3n) is 2.09. The molecule has 1 radical (unpaired) electrons. The van der Waals surface area contributed by atoms with Crippen LogP contribution in [-0.2, 0) is 4.74 Å². The predicted octanol–water partition coefficient (Wildman–Crippen LogP) is 1.18. The van der Waals surface area contributed by atoms with Crippen LogP contribution in [0.25, 0.3) is 0 Å². The van der Waals surface area contributed by atoms with Gasteiger partial charge in [0.15, 0.2) is 5.78 Å². The number of hydrogen-bond acceptors (Lipinski definition) is 4. The smallest absolute Gasteiger partial charge is 0.163 e. The second-order valence-corrected chi connectivity index (χ2v) is 3.24. The van der Waals surface area contributed by atoms with Crippen molar-refractivity contribution < 1.29 is 9.53 Å². The second-order valence-electron chi connectivity index (χ2n) is 3.24. The lowest BCUT2D eigenvalue weighted by atomic mass is 10.2. The first-order chi connectivity index (χ1) is 7.15. The summed E-state index contributed by atoms with van der Waals surface area (Å²) < 4.78 is 4.96. The number of rotatable bonds is 5. The van der Waals surface area contributed by atoms with Crippen LogP contribution in [0, 0.1) is 6.92 Å². The monoisotopic (exact) mass is 207 g/mol. The van der Waals surface area contributed by atoms with Gasteiger partial charge in [0.2, 0.25) is 0 Å². The fourth-order valence-electron chi connectivity index (χ4n) is 1.14. The number of pyridine rings is 1. The van der Waals surface area contributed by atoms with E-state index in [0.717, 1.165) is 12.4 Å². The van der Waals surface area contributed by atoms with E-state index in [0.29, 0.717) is 12.2 Å². The molecule has 0 bridgehead atoms. The molecule has 1 rings (SSSR count). The van der Waals surface area contributed by atoms with Gasteiger partial charge in [0.05, 0.1) is 6.61 Å². The second kappa shape index (κ2) is 5.46. The normalized spacial score (nSPS) is 10.1. The third kappa shape index (κ3) is 3.32. The lowest BCUT2D eigenvalue weighted by Gasteiger charge is -2.17. The molecule has 0 N–H and O–H groups in total.